The smallest absolute Gasteiger partial charge is 0.133 e. The molecule has 3 nitrogen and oxygen atoms in total. The van der Waals surface area contributed by atoms with Crippen molar-refractivity contribution >= 4 is 12.1 Å². The molecule has 0 fully saturated rings. The summed E-state index contributed by atoms with van der Waals surface area (Å²) in [4.78, 5) is 22.5. The second kappa shape index (κ2) is 19.8. The van der Waals surface area contributed by atoms with Gasteiger partial charge in [-0.05, 0) is 71.4 Å². The quantitative estimate of drug-likeness (QED) is 0.301. The Bertz CT molecular complexity index is 402. The van der Waals surface area contributed by atoms with Gasteiger partial charge in [-0.2, -0.15) is 0 Å². The van der Waals surface area contributed by atoms with Crippen LogP contribution in [0.25, 0.3) is 0 Å². The van der Waals surface area contributed by atoms with Crippen molar-refractivity contribution in [2.75, 3.05) is 14.1 Å². The normalized spacial score (nSPS) is 13.2. The predicted octanol–water partition coefficient (Wildman–Crippen LogP) is 5.67. The van der Waals surface area contributed by atoms with Gasteiger partial charge in [-0.25, -0.2) is 0 Å². The molecule has 0 radical (unpaired) electrons. The zero-order valence-corrected chi connectivity index (χ0v) is 17.6. The first-order chi connectivity index (χ1) is 12.4. The van der Waals surface area contributed by atoms with Crippen molar-refractivity contribution in [3.63, 3.8) is 0 Å². The molecule has 0 spiro atoms. The van der Waals surface area contributed by atoms with Crippen LogP contribution >= 0.6 is 0 Å². The number of carbonyl (C=O) groups excluding carboxylic acids is 2. The number of nitrogens with one attached hydrogen (secondary N) is 1. The van der Waals surface area contributed by atoms with Crippen molar-refractivity contribution in [3.05, 3.63) is 37.0 Å². The number of allylic oxidation sites excluding steroid dienone is 4. The van der Waals surface area contributed by atoms with E-state index in [9.17, 15) is 9.59 Å². The van der Waals surface area contributed by atoms with E-state index < -0.39 is 0 Å². The summed E-state index contributed by atoms with van der Waals surface area (Å²) in [5, 5.41) is 2.75. The zero-order chi connectivity index (χ0) is 20.2. The number of rotatable bonds is 15. The summed E-state index contributed by atoms with van der Waals surface area (Å²) in [6.07, 6.45) is 14.6. The van der Waals surface area contributed by atoms with Gasteiger partial charge in [-0.15, -0.1) is 13.2 Å². The van der Waals surface area contributed by atoms with E-state index in [0.29, 0.717) is 36.9 Å². The van der Waals surface area contributed by atoms with Crippen molar-refractivity contribution in [2.45, 2.75) is 71.6 Å². The molecule has 0 aromatic carbocycles. The molecule has 0 heterocycles. The fraction of sp³-hybridized carbons (Fsp3) is 0.652. The maximum atomic E-state index is 11.9. The molecule has 0 saturated carbocycles. The van der Waals surface area contributed by atoms with Crippen LogP contribution in [-0.4, -0.2) is 26.2 Å². The molecule has 0 aliphatic carbocycles. The SMILES string of the molecule is C=CCC(CC=O)CCCC(=O)CC/C(C)=C\CCC(C)C=C.CNC. The van der Waals surface area contributed by atoms with Gasteiger partial charge in [-0.1, -0.05) is 30.7 Å². The van der Waals surface area contributed by atoms with Gasteiger partial charge in [-0.3, -0.25) is 4.79 Å². The lowest BCUT2D eigenvalue weighted by Gasteiger charge is -2.11. The van der Waals surface area contributed by atoms with Crippen LogP contribution in [0.15, 0.2) is 37.0 Å². The van der Waals surface area contributed by atoms with Gasteiger partial charge >= 0.3 is 0 Å². The highest BCUT2D eigenvalue weighted by atomic mass is 16.1. The van der Waals surface area contributed by atoms with Crippen molar-refractivity contribution in [1.29, 1.82) is 0 Å². The van der Waals surface area contributed by atoms with Gasteiger partial charge < -0.3 is 10.1 Å². The van der Waals surface area contributed by atoms with Crippen LogP contribution in [0.2, 0.25) is 0 Å². The van der Waals surface area contributed by atoms with Crippen molar-refractivity contribution in [1.82, 2.24) is 5.32 Å². The minimum Gasteiger partial charge on any atom is -0.323 e. The molecule has 1 N–H and O–H groups in total. The Morgan fingerprint density at radius 2 is 1.73 bits per heavy atom. The Labute approximate surface area is 162 Å². The Morgan fingerprint density at radius 3 is 2.27 bits per heavy atom. The van der Waals surface area contributed by atoms with Gasteiger partial charge in [0.1, 0.15) is 12.1 Å². The maximum absolute atomic E-state index is 11.9. The summed E-state index contributed by atoms with van der Waals surface area (Å²) in [5.74, 6) is 1.24. The maximum Gasteiger partial charge on any atom is 0.133 e. The minimum absolute atomic E-state index is 0.334. The number of carbonyl (C=O) groups is 2. The fourth-order valence-electron chi connectivity index (χ4n) is 2.57. The van der Waals surface area contributed by atoms with Crippen LogP contribution < -0.4 is 5.32 Å². The van der Waals surface area contributed by atoms with E-state index in [4.69, 9.17) is 0 Å². The number of hydrogen-bond donors (Lipinski definition) is 1. The van der Waals surface area contributed by atoms with E-state index in [1.54, 1.807) is 0 Å². The van der Waals surface area contributed by atoms with E-state index in [-0.39, 0.29) is 0 Å². The van der Waals surface area contributed by atoms with Crippen LogP contribution in [0.4, 0.5) is 0 Å². The van der Waals surface area contributed by atoms with E-state index in [0.717, 1.165) is 44.8 Å². The van der Waals surface area contributed by atoms with Gasteiger partial charge in [0, 0.05) is 19.3 Å². The highest BCUT2D eigenvalue weighted by molar-refractivity contribution is 5.78. The molecular weight excluding hydrogens is 322 g/mol. The average Bonchev–Trinajstić information content (AvgIpc) is 2.61. The highest BCUT2D eigenvalue weighted by Crippen LogP contribution is 2.17. The molecular formula is C23H41NO2. The van der Waals surface area contributed by atoms with E-state index in [1.165, 1.54) is 5.57 Å². The van der Waals surface area contributed by atoms with Crippen LogP contribution in [0, 0.1) is 11.8 Å². The lowest BCUT2D eigenvalue weighted by atomic mass is 9.94. The number of aldehydes is 1. The minimum atomic E-state index is 0.334. The van der Waals surface area contributed by atoms with Crippen LogP contribution in [0.5, 0.6) is 0 Å². The number of ketones is 1. The van der Waals surface area contributed by atoms with Crippen LogP contribution in [0.1, 0.15) is 71.6 Å². The highest BCUT2D eigenvalue weighted by Gasteiger charge is 2.08. The monoisotopic (exact) mass is 363 g/mol. The first kappa shape index (κ1) is 26.7. The lowest BCUT2D eigenvalue weighted by Crippen LogP contribution is -2.03. The summed E-state index contributed by atoms with van der Waals surface area (Å²) in [6, 6.07) is 0. The second-order valence-corrected chi connectivity index (χ2v) is 7.06. The van der Waals surface area contributed by atoms with Gasteiger partial charge in [0.15, 0.2) is 0 Å². The first-order valence-electron chi connectivity index (χ1n) is 9.87. The Morgan fingerprint density at radius 1 is 1.08 bits per heavy atom. The Balaban J connectivity index is 0. The summed E-state index contributed by atoms with van der Waals surface area (Å²) in [6.45, 7) is 11.8. The topological polar surface area (TPSA) is 46.2 Å². The largest absolute Gasteiger partial charge is 0.323 e. The summed E-state index contributed by atoms with van der Waals surface area (Å²) < 4.78 is 0. The van der Waals surface area contributed by atoms with Gasteiger partial charge in [0.05, 0.1) is 0 Å². The van der Waals surface area contributed by atoms with E-state index in [2.05, 4.69) is 38.4 Å². The average molecular weight is 364 g/mol. The molecule has 0 aromatic heterocycles. The number of hydrogen-bond acceptors (Lipinski definition) is 3. The van der Waals surface area contributed by atoms with Crippen molar-refractivity contribution in [3.8, 4) is 0 Å². The second-order valence-electron chi connectivity index (χ2n) is 7.06. The summed E-state index contributed by atoms with van der Waals surface area (Å²) in [5.41, 5.74) is 1.31. The molecule has 0 saturated heterocycles. The van der Waals surface area contributed by atoms with Gasteiger partial charge in [0.25, 0.3) is 0 Å². The predicted molar refractivity (Wildman–Crippen MR) is 114 cm³/mol. The third-order valence-electron chi connectivity index (χ3n) is 4.31. The van der Waals surface area contributed by atoms with Crippen molar-refractivity contribution in [2.24, 2.45) is 11.8 Å². The molecule has 2 atom stereocenters. The molecule has 0 aliphatic heterocycles. The van der Waals surface area contributed by atoms with E-state index >= 15 is 0 Å². The molecule has 26 heavy (non-hydrogen) atoms. The van der Waals surface area contributed by atoms with Crippen molar-refractivity contribution < 1.29 is 9.59 Å². The molecule has 0 aromatic rings. The summed E-state index contributed by atoms with van der Waals surface area (Å²) in [7, 11) is 3.75. The Kier molecular flexibility index (Phi) is 20.4. The van der Waals surface area contributed by atoms with E-state index in [1.807, 2.05) is 26.2 Å². The lowest BCUT2D eigenvalue weighted by molar-refractivity contribution is -0.119. The third kappa shape index (κ3) is 18.9. The molecule has 0 rings (SSSR count). The molecule has 2 unspecified atom stereocenters. The van der Waals surface area contributed by atoms with Crippen LogP contribution in [-0.2, 0) is 9.59 Å². The number of Topliss-reactive ketones (excluding diaryl/α,β-unsaturated/α-hetero) is 1. The van der Waals surface area contributed by atoms with Gasteiger partial charge in [0.2, 0.25) is 0 Å². The molecule has 0 bridgehead atoms. The molecule has 0 amide bonds. The molecule has 150 valence electrons. The fourth-order valence-corrected chi connectivity index (χ4v) is 2.57. The Hall–Kier alpha value is -1.48. The van der Waals surface area contributed by atoms with Crippen LogP contribution in [0.3, 0.4) is 0 Å². The zero-order valence-electron chi connectivity index (χ0n) is 17.6. The third-order valence-corrected chi connectivity index (χ3v) is 4.31. The first-order valence-corrected chi connectivity index (χ1v) is 9.87. The summed E-state index contributed by atoms with van der Waals surface area (Å²) >= 11 is 0. The molecule has 3 heteroatoms. The standard InChI is InChI=1S/C21H34O2.C2H7N/c1-5-9-20(16-17-22)12-8-13-21(23)15-14-19(4)11-7-10-18(3)6-2;1-3-2/h5-6,11,17-18,20H,1-2,7-10,12-16H2,3-4H3;3H,1-2H3/b19-11-;. The molecule has 0 aliphatic rings.